The molecule has 1 aromatic carbocycles. The summed E-state index contributed by atoms with van der Waals surface area (Å²) in [4.78, 5) is 33.4. The molecule has 0 radical (unpaired) electrons. The Kier molecular flexibility index (Phi) is 12.3. The monoisotopic (exact) mass is 496 g/mol. The minimum Gasteiger partial charge on any atom is -0.475 e. The second-order valence-electron chi connectivity index (χ2n) is 7.55. The number of aliphatic carboxylic acids is 1. The molecule has 188 valence electrons. The smallest absolute Gasteiger partial charge is 0.475 e. The summed E-state index contributed by atoms with van der Waals surface area (Å²) in [5.41, 5.74) is 10.0. The van der Waals surface area contributed by atoms with Crippen LogP contribution in [0.2, 0.25) is 0 Å². The minimum absolute atomic E-state index is 0.0365. The van der Waals surface area contributed by atoms with Gasteiger partial charge >= 0.3 is 12.1 Å². The second-order valence-corrected chi connectivity index (χ2v) is 9.83. The van der Waals surface area contributed by atoms with Crippen LogP contribution in [0.25, 0.3) is 0 Å². The molecular weight excluding hydrogens is 465 g/mol. The molecule has 0 saturated carbocycles. The van der Waals surface area contributed by atoms with E-state index in [0.717, 1.165) is 5.56 Å². The van der Waals surface area contributed by atoms with Gasteiger partial charge in [-0.1, -0.05) is 57.0 Å². The van der Waals surface area contributed by atoms with Gasteiger partial charge in [-0.15, -0.1) is 0 Å². The van der Waals surface area contributed by atoms with Gasteiger partial charge in [-0.05, 0) is 24.8 Å². The zero-order valence-electron chi connectivity index (χ0n) is 18.6. The molecule has 0 saturated heterocycles. The molecule has 0 aliphatic carbocycles. The van der Waals surface area contributed by atoms with Crippen molar-refractivity contribution < 1.29 is 41.1 Å². The lowest BCUT2D eigenvalue weighted by molar-refractivity contribution is -0.192. The first-order valence-electron chi connectivity index (χ1n) is 10.3. The molecule has 1 aromatic rings. The first kappa shape index (κ1) is 30.5. The molecule has 1 rings (SSSR count). The number of primary amides is 1. The molecule has 1 amide bonds. The Bertz CT molecular complexity index is 885. The molecule has 0 aliphatic rings. The molecule has 0 spiro atoms. The Balaban J connectivity index is 0.00000126. The maximum Gasteiger partial charge on any atom is 0.490 e. The van der Waals surface area contributed by atoms with Gasteiger partial charge in [-0.2, -0.15) is 13.2 Å². The third-order valence-electron chi connectivity index (χ3n) is 4.82. The van der Waals surface area contributed by atoms with Crippen molar-refractivity contribution in [1.82, 2.24) is 0 Å². The van der Waals surface area contributed by atoms with E-state index in [9.17, 15) is 31.2 Å². The number of hydrogen-bond acceptors (Lipinski definition) is 6. The highest BCUT2D eigenvalue weighted by molar-refractivity contribution is 7.92. The molecule has 0 heterocycles. The van der Waals surface area contributed by atoms with Crippen molar-refractivity contribution in [1.29, 1.82) is 0 Å². The molecule has 0 fully saturated rings. The number of sulfone groups is 1. The van der Waals surface area contributed by atoms with E-state index in [1.54, 1.807) is 0 Å². The fraction of sp³-hybridized carbons (Fsp3) is 0.571. The van der Waals surface area contributed by atoms with Crippen LogP contribution in [0.5, 0.6) is 0 Å². The van der Waals surface area contributed by atoms with Crippen molar-refractivity contribution in [2.45, 2.75) is 69.3 Å². The standard InChI is InChI=1S/C19H30N2O4S.C2HF3O2/c1-3-8-16(9-4-2)26(24,25)14-19(21,18(20)23)17(22)13-12-15-10-6-5-7-11-15;3-2(4,5)1(6)7/h5-7,10-11,16H,3-4,8-9,12-14,21H2,1-2H3,(H2,20,23);(H,6,7). The average molecular weight is 497 g/mol. The van der Waals surface area contributed by atoms with Gasteiger partial charge in [0.25, 0.3) is 0 Å². The van der Waals surface area contributed by atoms with Gasteiger partial charge in [-0.25, -0.2) is 13.2 Å². The average Bonchev–Trinajstić information content (AvgIpc) is 2.71. The molecule has 0 bridgehead atoms. The van der Waals surface area contributed by atoms with Gasteiger partial charge in [0, 0.05) is 6.42 Å². The number of halogens is 3. The lowest BCUT2D eigenvalue weighted by Gasteiger charge is -2.27. The number of carboxylic acid groups (broad SMARTS) is 1. The zero-order chi connectivity index (χ0) is 25.9. The highest BCUT2D eigenvalue weighted by Crippen LogP contribution is 2.21. The van der Waals surface area contributed by atoms with Gasteiger partial charge in [0.2, 0.25) is 5.91 Å². The number of aryl methyl sites for hydroxylation is 1. The number of carboxylic acids is 1. The van der Waals surface area contributed by atoms with Gasteiger partial charge in [-0.3, -0.25) is 9.59 Å². The Morgan fingerprint density at radius 2 is 1.48 bits per heavy atom. The number of ketones is 1. The van der Waals surface area contributed by atoms with Gasteiger partial charge < -0.3 is 16.6 Å². The van der Waals surface area contributed by atoms with E-state index in [0.29, 0.717) is 32.1 Å². The molecule has 33 heavy (non-hydrogen) atoms. The summed E-state index contributed by atoms with van der Waals surface area (Å²) < 4.78 is 57.3. The van der Waals surface area contributed by atoms with E-state index in [1.807, 2.05) is 44.2 Å². The van der Waals surface area contributed by atoms with Crippen LogP contribution in [0.1, 0.15) is 51.5 Å². The Morgan fingerprint density at radius 1 is 1.03 bits per heavy atom. The summed E-state index contributed by atoms with van der Waals surface area (Å²) in [5, 5.41) is 6.52. The predicted molar refractivity (Wildman–Crippen MR) is 117 cm³/mol. The highest BCUT2D eigenvalue weighted by Gasteiger charge is 2.45. The minimum atomic E-state index is -5.08. The van der Waals surface area contributed by atoms with Crippen LogP contribution in [-0.2, 0) is 30.6 Å². The van der Waals surface area contributed by atoms with Crippen molar-refractivity contribution in [3.63, 3.8) is 0 Å². The largest absolute Gasteiger partial charge is 0.490 e. The molecule has 5 N–H and O–H groups in total. The maximum absolute atomic E-state index is 12.8. The van der Waals surface area contributed by atoms with Crippen molar-refractivity contribution >= 4 is 27.5 Å². The molecule has 12 heteroatoms. The molecular formula is C21H31F3N2O6S. The summed E-state index contributed by atoms with van der Waals surface area (Å²) >= 11 is 0. The van der Waals surface area contributed by atoms with Crippen LogP contribution in [-0.4, -0.2) is 53.9 Å². The van der Waals surface area contributed by atoms with Gasteiger partial charge in [0.05, 0.1) is 11.0 Å². The fourth-order valence-corrected chi connectivity index (χ4v) is 5.36. The lowest BCUT2D eigenvalue weighted by atomic mass is 9.92. The summed E-state index contributed by atoms with van der Waals surface area (Å²) in [6.07, 6.45) is -2.41. The third kappa shape index (κ3) is 10.3. The zero-order valence-corrected chi connectivity index (χ0v) is 19.4. The predicted octanol–water partition coefficient (Wildman–Crippen LogP) is 2.39. The lowest BCUT2D eigenvalue weighted by Crippen LogP contribution is -2.63. The van der Waals surface area contributed by atoms with E-state index in [1.165, 1.54) is 0 Å². The number of nitrogens with two attached hydrogens (primary N) is 2. The van der Waals surface area contributed by atoms with Crippen LogP contribution < -0.4 is 11.5 Å². The number of alkyl halides is 3. The summed E-state index contributed by atoms with van der Waals surface area (Å²) in [6, 6.07) is 9.24. The van der Waals surface area contributed by atoms with Crippen molar-refractivity contribution in [3.8, 4) is 0 Å². The summed E-state index contributed by atoms with van der Waals surface area (Å²) in [6.45, 7) is 3.79. The van der Waals surface area contributed by atoms with Gasteiger partial charge in [0.1, 0.15) is 0 Å². The van der Waals surface area contributed by atoms with E-state index < -0.39 is 50.2 Å². The summed E-state index contributed by atoms with van der Waals surface area (Å²) in [5.74, 6) is -5.21. The Morgan fingerprint density at radius 3 is 1.85 bits per heavy atom. The first-order valence-corrected chi connectivity index (χ1v) is 12.0. The van der Waals surface area contributed by atoms with Crippen LogP contribution in [0.3, 0.4) is 0 Å². The van der Waals surface area contributed by atoms with E-state index >= 15 is 0 Å². The number of Topliss-reactive ketones (excluding diaryl/α,β-unsaturated/α-hetero) is 1. The maximum atomic E-state index is 12.8. The fourth-order valence-electron chi connectivity index (χ4n) is 3.00. The number of amides is 1. The molecule has 0 aliphatic heterocycles. The third-order valence-corrected chi connectivity index (χ3v) is 7.17. The van der Waals surface area contributed by atoms with Crippen LogP contribution in [0, 0.1) is 0 Å². The topological polar surface area (TPSA) is 158 Å². The quantitative estimate of drug-likeness (QED) is 0.375. The van der Waals surface area contributed by atoms with Crippen LogP contribution >= 0.6 is 0 Å². The normalized spacial score (nSPS) is 13.5. The number of hydrogen-bond donors (Lipinski definition) is 3. The van der Waals surface area contributed by atoms with E-state index in [-0.39, 0.29) is 6.42 Å². The first-order chi connectivity index (χ1) is 15.1. The Labute approximate surface area is 191 Å². The van der Waals surface area contributed by atoms with Crippen LogP contribution in [0.4, 0.5) is 13.2 Å². The molecule has 1 atom stereocenters. The molecule has 1 unspecified atom stereocenters. The second kappa shape index (κ2) is 13.3. The van der Waals surface area contributed by atoms with Crippen molar-refractivity contribution in [2.24, 2.45) is 11.5 Å². The van der Waals surface area contributed by atoms with E-state index in [2.05, 4.69) is 0 Å². The van der Waals surface area contributed by atoms with E-state index in [4.69, 9.17) is 21.4 Å². The number of rotatable bonds is 12. The van der Waals surface area contributed by atoms with Crippen molar-refractivity contribution in [3.05, 3.63) is 35.9 Å². The summed E-state index contributed by atoms with van der Waals surface area (Å²) in [7, 11) is -3.72. The number of carbonyl (C=O) groups excluding carboxylic acids is 2. The molecule has 8 nitrogen and oxygen atoms in total. The molecule has 0 aromatic heterocycles. The Hall–Kier alpha value is -2.47. The van der Waals surface area contributed by atoms with Crippen LogP contribution in [0.15, 0.2) is 30.3 Å². The SMILES string of the molecule is CCCC(CCC)S(=O)(=O)CC(N)(C(N)=O)C(=O)CCc1ccccc1.O=C(O)C(F)(F)F. The highest BCUT2D eigenvalue weighted by atomic mass is 32.2. The number of carbonyl (C=O) groups is 3. The van der Waals surface area contributed by atoms with Crippen molar-refractivity contribution in [2.75, 3.05) is 5.75 Å². The number of benzene rings is 1. The van der Waals surface area contributed by atoms with Gasteiger partial charge in [0.15, 0.2) is 21.2 Å².